The van der Waals surface area contributed by atoms with Crippen molar-refractivity contribution in [2.45, 2.75) is 59.2 Å². The monoisotopic (exact) mass is 187 g/mol. The molecule has 0 fully saturated rings. The minimum Gasteiger partial charge on any atom is -0.353 e. The maximum absolute atomic E-state index is 5.52. The van der Waals surface area contributed by atoms with Gasteiger partial charge in [-0.3, -0.25) is 0 Å². The van der Waals surface area contributed by atoms with E-state index in [0.717, 1.165) is 19.4 Å². The Labute approximate surface area is 82.6 Å². The maximum Gasteiger partial charge on any atom is 0.158 e. The molecule has 0 heterocycles. The van der Waals surface area contributed by atoms with Crippen LogP contribution in [0.3, 0.4) is 0 Å². The summed E-state index contributed by atoms with van der Waals surface area (Å²) in [5.41, 5.74) is 0. The van der Waals surface area contributed by atoms with Crippen LogP contribution in [0.2, 0.25) is 0 Å². The first-order valence-electron chi connectivity index (χ1n) is 5.40. The summed E-state index contributed by atoms with van der Waals surface area (Å²) < 4.78 is 10.9. The number of unbranched alkanes of at least 4 members (excludes halogenated alkanes) is 2. The van der Waals surface area contributed by atoms with E-state index in [4.69, 9.17) is 9.47 Å². The molecule has 79 valence electrons. The molecule has 0 aliphatic heterocycles. The summed E-state index contributed by atoms with van der Waals surface area (Å²) in [5, 5.41) is 0. The lowest BCUT2D eigenvalue weighted by Crippen LogP contribution is -2.16. The average molecular weight is 187 g/mol. The maximum atomic E-state index is 5.52. The summed E-state index contributed by atoms with van der Waals surface area (Å²) in [7, 11) is 0. The van der Waals surface area contributed by atoms with Crippen LogP contribution < -0.4 is 0 Å². The Kier molecular flexibility index (Phi) is 9.94. The molecule has 2 nitrogen and oxygen atoms in total. The van der Waals surface area contributed by atoms with E-state index in [9.17, 15) is 0 Å². The molecule has 0 spiro atoms. The van der Waals surface area contributed by atoms with Crippen LogP contribution in [-0.4, -0.2) is 12.9 Å². The molecule has 0 aromatic carbocycles. The minimum absolute atomic E-state index is 0.0171. The summed E-state index contributed by atoms with van der Waals surface area (Å²) in [4.78, 5) is 0. The molecule has 0 aliphatic rings. The Morgan fingerprint density at radius 2 is 1.92 bits per heavy atom. The average Bonchev–Trinajstić information content (AvgIpc) is 2.14. The fourth-order valence-electron chi connectivity index (χ4n) is 1.15. The molecule has 1 unspecified atom stereocenters. The van der Waals surface area contributed by atoms with Crippen molar-refractivity contribution in [1.29, 1.82) is 0 Å². The van der Waals surface area contributed by atoms with Crippen LogP contribution in [0.5, 0.6) is 0 Å². The standard InChI is InChI=1S/C11H23O2/c1-4-7-8-9-11(12-6-3)13-10-5-2/h6,11H,4-5,7-10H2,1-3H3. The fourth-order valence-corrected chi connectivity index (χ4v) is 1.15. The summed E-state index contributed by atoms with van der Waals surface area (Å²) in [6.45, 7) is 8.71. The van der Waals surface area contributed by atoms with Gasteiger partial charge in [0.1, 0.15) is 0 Å². The first kappa shape index (κ1) is 12.9. The Hall–Kier alpha value is -0.0800. The first-order valence-corrected chi connectivity index (χ1v) is 5.40. The summed E-state index contributed by atoms with van der Waals surface area (Å²) in [6, 6.07) is 0. The zero-order valence-electron chi connectivity index (χ0n) is 9.21. The van der Waals surface area contributed by atoms with E-state index in [1.165, 1.54) is 19.3 Å². The lowest BCUT2D eigenvalue weighted by atomic mass is 10.2. The van der Waals surface area contributed by atoms with E-state index in [-0.39, 0.29) is 6.29 Å². The van der Waals surface area contributed by atoms with Gasteiger partial charge >= 0.3 is 0 Å². The van der Waals surface area contributed by atoms with Crippen LogP contribution in [0.1, 0.15) is 52.9 Å². The molecular formula is C11H23O2. The van der Waals surface area contributed by atoms with E-state index in [1.54, 1.807) is 6.61 Å². The van der Waals surface area contributed by atoms with Crippen LogP contribution in [0.25, 0.3) is 0 Å². The van der Waals surface area contributed by atoms with E-state index in [0.29, 0.717) is 0 Å². The molecule has 0 aromatic heterocycles. The highest BCUT2D eigenvalue weighted by Gasteiger charge is 2.06. The predicted molar refractivity (Wildman–Crippen MR) is 55.2 cm³/mol. The third kappa shape index (κ3) is 8.26. The fraction of sp³-hybridized carbons (Fsp3) is 0.909. The van der Waals surface area contributed by atoms with Gasteiger partial charge in [-0.1, -0.05) is 26.7 Å². The molecule has 0 aromatic rings. The Bertz CT molecular complexity index is 94.1. The summed E-state index contributed by atoms with van der Waals surface area (Å²) >= 11 is 0. The Balaban J connectivity index is 3.41. The second kappa shape index (κ2) is 10.0. The quantitative estimate of drug-likeness (QED) is 0.406. The normalized spacial score (nSPS) is 13.2. The second-order valence-corrected chi connectivity index (χ2v) is 3.17. The van der Waals surface area contributed by atoms with Gasteiger partial charge in [-0.15, -0.1) is 0 Å². The molecule has 1 atom stereocenters. The van der Waals surface area contributed by atoms with Gasteiger partial charge in [0.25, 0.3) is 0 Å². The van der Waals surface area contributed by atoms with E-state index < -0.39 is 0 Å². The van der Waals surface area contributed by atoms with E-state index in [1.807, 2.05) is 6.92 Å². The van der Waals surface area contributed by atoms with Gasteiger partial charge in [-0.2, -0.15) is 0 Å². The van der Waals surface area contributed by atoms with Crippen LogP contribution in [0.15, 0.2) is 0 Å². The van der Waals surface area contributed by atoms with Crippen molar-refractivity contribution in [2.24, 2.45) is 0 Å². The molecule has 13 heavy (non-hydrogen) atoms. The third-order valence-electron chi connectivity index (χ3n) is 1.84. The molecule has 0 N–H and O–H groups in total. The molecule has 0 saturated carbocycles. The van der Waals surface area contributed by atoms with Gasteiger partial charge in [-0.05, 0) is 26.2 Å². The first-order chi connectivity index (χ1) is 6.35. The molecule has 1 radical (unpaired) electrons. The van der Waals surface area contributed by atoms with Crippen LogP contribution >= 0.6 is 0 Å². The van der Waals surface area contributed by atoms with Crippen LogP contribution in [-0.2, 0) is 9.47 Å². The zero-order chi connectivity index (χ0) is 9.94. The topological polar surface area (TPSA) is 18.5 Å². The molecule has 0 bridgehead atoms. The zero-order valence-corrected chi connectivity index (χ0v) is 9.21. The highest BCUT2D eigenvalue weighted by atomic mass is 16.7. The lowest BCUT2D eigenvalue weighted by molar-refractivity contribution is -0.124. The van der Waals surface area contributed by atoms with Crippen molar-refractivity contribution >= 4 is 0 Å². The third-order valence-corrected chi connectivity index (χ3v) is 1.84. The highest BCUT2D eigenvalue weighted by Crippen LogP contribution is 2.09. The van der Waals surface area contributed by atoms with E-state index in [2.05, 4.69) is 13.8 Å². The molecular weight excluding hydrogens is 164 g/mol. The summed E-state index contributed by atoms with van der Waals surface area (Å²) in [5.74, 6) is 0. The van der Waals surface area contributed by atoms with Crippen molar-refractivity contribution < 1.29 is 9.47 Å². The molecule has 0 rings (SSSR count). The molecule has 0 aliphatic carbocycles. The van der Waals surface area contributed by atoms with Gasteiger partial charge < -0.3 is 9.47 Å². The molecule has 0 saturated heterocycles. The number of ether oxygens (including phenoxy) is 2. The Morgan fingerprint density at radius 3 is 2.46 bits per heavy atom. The van der Waals surface area contributed by atoms with Gasteiger partial charge in [0.15, 0.2) is 6.29 Å². The van der Waals surface area contributed by atoms with Gasteiger partial charge in [0.05, 0.1) is 6.61 Å². The number of rotatable bonds is 9. The van der Waals surface area contributed by atoms with Crippen molar-refractivity contribution in [1.82, 2.24) is 0 Å². The van der Waals surface area contributed by atoms with Gasteiger partial charge in [-0.25, -0.2) is 0 Å². The SMILES string of the molecule is C[CH]OC(CCCCC)OCCC. The lowest BCUT2D eigenvalue weighted by Gasteiger charge is -2.16. The van der Waals surface area contributed by atoms with Gasteiger partial charge in [0.2, 0.25) is 0 Å². The Morgan fingerprint density at radius 1 is 1.15 bits per heavy atom. The summed E-state index contributed by atoms with van der Waals surface area (Å²) in [6.07, 6.45) is 5.75. The van der Waals surface area contributed by atoms with Gasteiger partial charge in [0, 0.05) is 6.61 Å². The molecule has 0 amide bonds. The number of hydrogen-bond acceptors (Lipinski definition) is 2. The van der Waals surface area contributed by atoms with Crippen molar-refractivity contribution in [3.8, 4) is 0 Å². The smallest absolute Gasteiger partial charge is 0.158 e. The minimum atomic E-state index is -0.0171. The number of hydrogen-bond donors (Lipinski definition) is 0. The molecule has 2 heteroatoms. The van der Waals surface area contributed by atoms with Crippen molar-refractivity contribution in [3.63, 3.8) is 0 Å². The second-order valence-electron chi connectivity index (χ2n) is 3.17. The predicted octanol–water partition coefficient (Wildman–Crippen LogP) is 3.52. The van der Waals surface area contributed by atoms with E-state index >= 15 is 0 Å². The van der Waals surface area contributed by atoms with Crippen LogP contribution in [0, 0.1) is 6.61 Å². The van der Waals surface area contributed by atoms with Crippen molar-refractivity contribution in [3.05, 3.63) is 6.61 Å². The van der Waals surface area contributed by atoms with Crippen molar-refractivity contribution in [2.75, 3.05) is 6.61 Å². The highest BCUT2D eigenvalue weighted by molar-refractivity contribution is 4.49. The largest absolute Gasteiger partial charge is 0.353 e. The van der Waals surface area contributed by atoms with Crippen LogP contribution in [0.4, 0.5) is 0 Å².